The first-order valence-electron chi connectivity index (χ1n) is 3.83. The van der Waals surface area contributed by atoms with E-state index in [0.717, 1.165) is 0 Å². The molecule has 0 unspecified atom stereocenters. The van der Waals surface area contributed by atoms with Crippen molar-refractivity contribution in [2.45, 2.75) is 0 Å². The predicted molar refractivity (Wildman–Crippen MR) is 48.5 cm³/mol. The minimum Gasteiger partial charge on any atom is -0.507 e. The molecule has 0 radical (unpaired) electrons. The van der Waals surface area contributed by atoms with E-state index in [-0.39, 0.29) is 11.3 Å². The Kier molecular flexibility index (Phi) is 1.66. The maximum absolute atomic E-state index is 10.8. The van der Waals surface area contributed by atoms with Crippen LogP contribution in [0.5, 0.6) is 5.75 Å². The van der Waals surface area contributed by atoms with E-state index in [0.29, 0.717) is 11.3 Å². The van der Waals surface area contributed by atoms with Gasteiger partial charge >= 0.3 is 0 Å². The summed E-state index contributed by atoms with van der Waals surface area (Å²) in [5.41, 5.74) is 0.988. The van der Waals surface area contributed by atoms with Gasteiger partial charge in [-0.2, -0.15) is 0 Å². The fraction of sp³-hybridized carbons (Fsp3) is 0. The van der Waals surface area contributed by atoms with Crippen molar-refractivity contribution in [1.82, 2.24) is 10.2 Å². The first-order valence-corrected chi connectivity index (χ1v) is 3.83. The zero-order valence-corrected chi connectivity index (χ0v) is 6.74. The van der Waals surface area contributed by atoms with Crippen molar-refractivity contribution in [1.29, 1.82) is 0 Å². The molecule has 2 aromatic rings. The highest BCUT2D eigenvalue weighted by Crippen LogP contribution is 2.25. The third kappa shape index (κ3) is 1.33. The highest BCUT2D eigenvalue weighted by molar-refractivity contribution is 5.65. The number of aromatic nitrogens is 2. The van der Waals surface area contributed by atoms with Crippen LogP contribution >= 0.6 is 0 Å². The minimum absolute atomic E-state index is 0.151. The average molecular weight is 176 g/mol. The maximum atomic E-state index is 10.8. The third-order valence-corrected chi connectivity index (χ3v) is 1.79. The molecule has 1 aromatic carbocycles. The quantitative estimate of drug-likeness (QED) is 0.608. The van der Waals surface area contributed by atoms with Crippen LogP contribution < -0.4 is 5.56 Å². The molecule has 0 atom stereocenters. The molecular formula is C9H8N2O2. The van der Waals surface area contributed by atoms with Crippen LogP contribution in [0.15, 0.2) is 35.1 Å². The van der Waals surface area contributed by atoms with Gasteiger partial charge in [-0.1, -0.05) is 12.1 Å². The zero-order valence-electron chi connectivity index (χ0n) is 6.74. The van der Waals surface area contributed by atoms with Crippen LogP contribution in [0.2, 0.25) is 0 Å². The summed E-state index contributed by atoms with van der Waals surface area (Å²) in [5, 5.41) is 14.5. The second-order valence-corrected chi connectivity index (χ2v) is 2.69. The van der Waals surface area contributed by atoms with E-state index < -0.39 is 0 Å². The molecule has 66 valence electrons. The fourth-order valence-corrected chi connectivity index (χ4v) is 1.18. The molecule has 0 aliphatic rings. The van der Waals surface area contributed by atoms with E-state index >= 15 is 0 Å². The van der Waals surface area contributed by atoms with Crippen LogP contribution in [0.4, 0.5) is 0 Å². The van der Waals surface area contributed by atoms with Crippen LogP contribution in [0.3, 0.4) is 0 Å². The number of aromatic hydroxyl groups is 1. The number of hydrogen-bond acceptors (Lipinski definition) is 2. The van der Waals surface area contributed by atoms with Gasteiger partial charge < -0.3 is 5.11 Å². The summed E-state index contributed by atoms with van der Waals surface area (Å²) < 4.78 is 0. The van der Waals surface area contributed by atoms with E-state index in [1.54, 1.807) is 24.3 Å². The summed E-state index contributed by atoms with van der Waals surface area (Å²) in [6.07, 6.45) is 0. The monoisotopic (exact) mass is 176 g/mol. The van der Waals surface area contributed by atoms with E-state index in [9.17, 15) is 9.90 Å². The Balaban J connectivity index is 2.58. The molecule has 4 heteroatoms. The molecular weight excluding hydrogens is 168 g/mol. The largest absolute Gasteiger partial charge is 0.507 e. The van der Waals surface area contributed by atoms with Gasteiger partial charge in [0.1, 0.15) is 5.75 Å². The molecule has 0 bridgehead atoms. The second-order valence-electron chi connectivity index (χ2n) is 2.69. The van der Waals surface area contributed by atoms with Gasteiger partial charge in [0.05, 0.1) is 5.69 Å². The molecule has 0 aliphatic heterocycles. The van der Waals surface area contributed by atoms with Gasteiger partial charge in [-0.05, 0) is 12.1 Å². The van der Waals surface area contributed by atoms with Crippen LogP contribution in [-0.2, 0) is 0 Å². The number of phenolic OH excluding ortho intramolecular Hbond substituents is 1. The normalized spacial score (nSPS) is 10.2. The van der Waals surface area contributed by atoms with E-state index in [2.05, 4.69) is 10.2 Å². The summed E-state index contributed by atoms with van der Waals surface area (Å²) in [6.45, 7) is 0. The lowest BCUT2D eigenvalue weighted by Gasteiger charge is -1.99. The number of rotatable bonds is 1. The molecule has 2 rings (SSSR count). The van der Waals surface area contributed by atoms with Gasteiger partial charge in [0.2, 0.25) is 0 Å². The molecule has 0 amide bonds. The Morgan fingerprint density at radius 1 is 1.15 bits per heavy atom. The number of para-hydroxylation sites is 1. The van der Waals surface area contributed by atoms with Gasteiger partial charge in [-0.15, -0.1) is 0 Å². The van der Waals surface area contributed by atoms with Crippen molar-refractivity contribution in [3.8, 4) is 17.0 Å². The predicted octanol–water partition coefficient (Wildman–Crippen LogP) is 1.08. The van der Waals surface area contributed by atoms with E-state index in [4.69, 9.17) is 0 Å². The van der Waals surface area contributed by atoms with Crippen molar-refractivity contribution in [3.63, 3.8) is 0 Å². The smallest absolute Gasteiger partial charge is 0.264 e. The minimum atomic E-state index is -0.210. The van der Waals surface area contributed by atoms with Crippen LogP contribution in [0, 0.1) is 0 Å². The van der Waals surface area contributed by atoms with Gasteiger partial charge in [0.25, 0.3) is 5.56 Å². The highest BCUT2D eigenvalue weighted by Gasteiger charge is 2.04. The summed E-state index contributed by atoms with van der Waals surface area (Å²) in [5.74, 6) is 0.151. The van der Waals surface area contributed by atoms with Crippen molar-refractivity contribution >= 4 is 0 Å². The number of H-pyrrole nitrogens is 2. The molecule has 0 fully saturated rings. The number of benzene rings is 1. The van der Waals surface area contributed by atoms with Crippen LogP contribution in [-0.4, -0.2) is 15.3 Å². The van der Waals surface area contributed by atoms with Crippen molar-refractivity contribution < 1.29 is 5.11 Å². The molecule has 1 aromatic heterocycles. The first kappa shape index (κ1) is 7.67. The lowest BCUT2D eigenvalue weighted by Crippen LogP contribution is -1.93. The van der Waals surface area contributed by atoms with E-state index in [1.807, 2.05) is 0 Å². The third-order valence-electron chi connectivity index (χ3n) is 1.79. The van der Waals surface area contributed by atoms with E-state index in [1.165, 1.54) is 6.07 Å². The lowest BCUT2D eigenvalue weighted by atomic mass is 10.1. The number of aromatic amines is 2. The zero-order chi connectivity index (χ0) is 9.26. The molecule has 0 spiro atoms. The summed E-state index contributed by atoms with van der Waals surface area (Å²) in [7, 11) is 0. The second kappa shape index (κ2) is 2.82. The highest BCUT2D eigenvalue weighted by atomic mass is 16.3. The van der Waals surface area contributed by atoms with Crippen LogP contribution in [0.25, 0.3) is 11.3 Å². The van der Waals surface area contributed by atoms with Gasteiger partial charge in [-0.25, -0.2) is 0 Å². The van der Waals surface area contributed by atoms with Crippen molar-refractivity contribution in [2.75, 3.05) is 0 Å². The standard InChI is InChI=1S/C9H8N2O2/c12-8-4-2-1-3-6(8)7-5-9(13)11-10-7/h1-5,12H,(H2,10,11,13). The number of nitrogens with one attached hydrogen (secondary N) is 2. The molecule has 0 saturated carbocycles. The molecule has 0 aliphatic carbocycles. The van der Waals surface area contributed by atoms with Crippen LogP contribution in [0.1, 0.15) is 0 Å². The Bertz CT molecular complexity index is 470. The number of phenols is 1. The lowest BCUT2D eigenvalue weighted by molar-refractivity contribution is 0.477. The Morgan fingerprint density at radius 3 is 2.54 bits per heavy atom. The Hall–Kier alpha value is -1.97. The fourth-order valence-electron chi connectivity index (χ4n) is 1.18. The molecule has 13 heavy (non-hydrogen) atoms. The molecule has 3 N–H and O–H groups in total. The van der Waals surface area contributed by atoms with Gasteiger partial charge in [0, 0.05) is 11.6 Å². The number of hydrogen-bond donors (Lipinski definition) is 3. The van der Waals surface area contributed by atoms with Gasteiger partial charge in [-0.3, -0.25) is 15.0 Å². The topological polar surface area (TPSA) is 68.9 Å². The van der Waals surface area contributed by atoms with Crippen molar-refractivity contribution in [2.24, 2.45) is 0 Å². The summed E-state index contributed by atoms with van der Waals surface area (Å²) in [4.78, 5) is 10.8. The maximum Gasteiger partial charge on any atom is 0.264 e. The Morgan fingerprint density at radius 2 is 1.92 bits per heavy atom. The Labute approximate surface area is 73.8 Å². The first-order chi connectivity index (χ1) is 6.27. The summed E-state index contributed by atoms with van der Waals surface area (Å²) in [6, 6.07) is 8.22. The van der Waals surface area contributed by atoms with Crippen molar-refractivity contribution in [3.05, 3.63) is 40.7 Å². The molecule has 4 nitrogen and oxygen atoms in total. The molecule has 1 heterocycles. The average Bonchev–Trinajstić information content (AvgIpc) is 2.53. The summed E-state index contributed by atoms with van der Waals surface area (Å²) >= 11 is 0. The molecule has 0 saturated heterocycles. The van der Waals surface area contributed by atoms with Gasteiger partial charge in [0.15, 0.2) is 0 Å². The SMILES string of the molecule is O=c1cc(-c2ccccc2O)[nH][nH]1.